The molecule has 0 aromatic carbocycles. The van der Waals surface area contributed by atoms with Gasteiger partial charge in [-0.2, -0.15) is 0 Å². The lowest BCUT2D eigenvalue weighted by Gasteiger charge is -2.26. The minimum absolute atomic E-state index is 0.225. The van der Waals surface area contributed by atoms with Gasteiger partial charge in [0, 0.05) is 25.7 Å². The SMILES string of the molecule is CNC(=O)/C=C/CN(CCOc1ccc(I)nn1)C(=O)OC(C)(C)C. The van der Waals surface area contributed by atoms with Crippen molar-refractivity contribution in [1.82, 2.24) is 20.4 Å². The number of hydrogen-bond donors (Lipinski definition) is 1. The zero-order valence-electron chi connectivity index (χ0n) is 14.8. The Bertz CT molecular complexity index is 599. The van der Waals surface area contributed by atoms with E-state index in [1.807, 2.05) is 0 Å². The first-order valence-corrected chi connectivity index (χ1v) is 8.77. The molecule has 1 N–H and O–H groups in total. The number of rotatable bonds is 7. The predicted octanol–water partition coefficient (Wildman–Crippen LogP) is 2.00. The summed E-state index contributed by atoms with van der Waals surface area (Å²) in [6.07, 6.45) is 2.47. The Kier molecular flexibility index (Phi) is 8.59. The van der Waals surface area contributed by atoms with Crippen LogP contribution in [0.2, 0.25) is 0 Å². The molecule has 2 amide bonds. The Balaban J connectivity index is 2.62. The molecule has 0 aliphatic carbocycles. The fourth-order valence-corrected chi connectivity index (χ4v) is 1.88. The summed E-state index contributed by atoms with van der Waals surface area (Å²) in [4.78, 5) is 25.0. The van der Waals surface area contributed by atoms with E-state index in [1.165, 1.54) is 18.0 Å². The molecule has 0 bridgehead atoms. The van der Waals surface area contributed by atoms with Crippen molar-refractivity contribution in [2.45, 2.75) is 26.4 Å². The molecule has 1 aromatic heterocycles. The maximum absolute atomic E-state index is 12.3. The molecule has 0 aliphatic rings. The van der Waals surface area contributed by atoms with Crippen molar-refractivity contribution >= 4 is 34.6 Å². The fourth-order valence-electron chi connectivity index (χ4n) is 1.60. The van der Waals surface area contributed by atoms with Crippen molar-refractivity contribution in [2.75, 3.05) is 26.7 Å². The average molecular weight is 462 g/mol. The summed E-state index contributed by atoms with van der Waals surface area (Å²) >= 11 is 2.05. The molecule has 0 saturated heterocycles. The van der Waals surface area contributed by atoms with Crippen molar-refractivity contribution in [3.8, 4) is 5.88 Å². The Morgan fingerprint density at radius 1 is 1.32 bits per heavy atom. The maximum Gasteiger partial charge on any atom is 0.410 e. The third-order valence-corrected chi connectivity index (χ3v) is 3.29. The standard InChI is InChI=1S/C16H23IN4O4/c1-16(2,3)25-15(23)21(9-5-6-13(22)18-4)10-11-24-14-8-7-12(17)19-20-14/h5-8H,9-11H2,1-4H3,(H,18,22)/b6-5+. The second-order valence-electron chi connectivity index (χ2n) is 5.99. The minimum atomic E-state index is -0.609. The third-order valence-electron chi connectivity index (χ3n) is 2.71. The van der Waals surface area contributed by atoms with Crippen LogP contribution >= 0.6 is 22.6 Å². The van der Waals surface area contributed by atoms with Gasteiger partial charge in [0.25, 0.3) is 0 Å². The monoisotopic (exact) mass is 462 g/mol. The van der Waals surface area contributed by atoms with E-state index in [0.29, 0.717) is 5.88 Å². The van der Waals surface area contributed by atoms with E-state index in [-0.39, 0.29) is 25.6 Å². The van der Waals surface area contributed by atoms with Crippen LogP contribution in [0.1, 0.15) is 20.8 Å². The number of amides is 2. The van der Waals surface area contributed by atoms with Crippen molar-refractivity contribution < 1.29 is 19.1 Å². The van der Waals surface area contributed by atoms with Crippen LogP contribution in [0.5, 0.6) is 5.88 Å². The van der Waals surface area contributed by atoms with Crippen LogP contribution in [0.4, 0.5) is 4.79 Å². The van der Waals surface area contributed by atoms with Crippen molar-refractivity contribution in [3.63, 3.8) is 0 Å². The van der Waals surface area contributed by atoms with Gasteiger partial charge in [-0.25, -0.2) is 4.79 Å². The Morgan fingerprint density at radius 2 is 2.04 bits per heavy atom. The normalized spacial score (nSPS) is 11.2. The summed E-state index contributed by atoms with van der Waals surface area (Å²) in [6.45, 7) is 6.11. The molecule has 0 saturated carbocycles. The zero-order valence-corrected chi connectivity index (χ0v) is 16.9. The van der Waals surface area contributed by atoms with Gasteiger partial charge >= 0.3 is 6.09 Å². The van der Waals surface area contributed by atoms with E-state index in [4.69, 9.17) is 9.47 Å². The zero-order chi connectivity index (χ0) is 18.9. The topological polar surface area (TPSA) is 93.7 Å². The molecule has 0 radical (unpaired) electrons. The van der Waals surface area contributed by atoms with Gasteiger partial charge in [-0.1, -0.05) is 6.08 Å². The molecular weight excluding hydrogens is 439 g/mol. The van der Waals surface area contributed by atoms with Gasteiger partial charge in [-0.15, -0.1) is 10.2 Å². The number of nitrogens with one attached hydrogen (secondary N) is 1. The second-order valence-corrected chi connectivity index (χ2v) is 7.09. The fraction of sp³-hybridized carbons (Fsp3) is 0.500. The summed E-state index contributed by atoms with van der Waals surface area (Å²) in [5, 5.41) is 10.3. The van der Waals surface area contributed by atoms with Crippen LogP contribution in [0.25, 0.3) is 0 Å². The summed E-state index contributed by atoms with van der Waals surface area (Å²) in [5.74, 6) is 0.139. The number of carbonyl (C=O) groups is 2. The highest BCUT2D eigenvalue weighted by Crippen LogP contribution is 2.11. The predicted molar refractivity (Wildman–Crippen MR) is 101 cm³/mol. The molecule has 1 heterocycles. The number of halogens is 1. The third kappa shape index (κ3) is 9.22. The molecular formula is C16H23IN4O4. The summed E-state index contributed by atoms with van der Waals surface area (Å²) in [7, 11) is 1.54. The van der Waals surface area contributed by atoms with Crippen molar-refractivity contribution in [1.29, 1.82) is 0 Å². The average Bonchev–Trinajstić information content (AvgIpc) is 2.53. The van der Waals surface area contributed by atoms with Crippen LogP contribution in [0.3, 0.4) is 0 Å². The number of hydrogen-bond acceptors (Lipinski definition) is 6. The van der Waals surface area contributed by atoms with Crippen molar-refractivity contribution in [2.24, 2.45) is 0 Å². The number of ether oxygens (including phenoxy) is 2. The maximum atomic E-state index is 12.3. The molecule has 8 nitrogen and oxygen atoms in total. The van der Waals surface area contributed by atoms with Crippen LogP contribution in [-0.4, -0.2) is 59.4 Å². The van der Waals surface area contributed by atoms with Gasteiger partial charge in [0.15, 0.2) is 0 Å². The molecule has 0 aliphatic heterocycles. The molecule has 0 atom stereocenters. The molecule has 9 heteroatoms. The Labute approximate surface area is 161 Å². The van der Waals surface area contributed by atoms with E-state index in [1.54, 1.807) is 39.0 Å². The van der Waals surface area contributed by atoms with Crippen LogP contribution in [-0.2, 0) is 9.53 Å². The van der Waals surface area contributed by atoms with Gasteiger partial charge in [0.05, 0.1) is 6.54 Å². The molecule has 25 heavy (non-hydrogen) atoms. The molecule has 0 spiro atoms. The molecule has 1 aromatic rings. The summed E-state index contributed by atoms with van der Waals surface area (Å²) < 4.78 is 11.6. The van der Waals surface area contributed by atoms with E-state index >= 15 is 0 Å². The van der Waals surface area contributed by atoms with Gasteiger partial charge in [-0.3, -0.25) is 4.79 Å². The number of aromatic nitrogens is 2. The Hall–Kier alpha value is -1.91. The molecule has 0 fully saturated rings. The highest BCUT2D eigenvalue weighted by Gasteiger charge is 2.21. The van der Waals surface area contributed by atoms with E-state index < -0.39 is 11.7 Å². The van der Waals surface area contributed by atoms with Crippen LogP contribution in [0.15, 0.2) is 24.3 Å². The van der Waals surface area contributed by atoms with Crippen LogP contribution in [0, 0.1) is 3.70 Å². The number of nitrogens with zero attached hydrogens (tertiary/aromatic N) is 3. The first-order chi connectivity index (χ1) is 11.7. The first-order valence-electron chi connectivity index (χ1n) is 7.69. The summed E-state index contributed by atoms with van der Waals surface area (Å²) in [5.41, 5.74) is -0.609. The minimum Gasteiger partial charge on any atom is -0.475 e. The number of likely N-dealkylation sites (N-methyl/N-ethyl adjacent to an activating group) is 1. The van der Waals surface area contributed by atoms with E-state index in [2.05, 4.69) is 38.1 Å². The quantitative estimate of drug-likeness (QED) is 0.492. The smallest absolute Gasteiger partial charge is 0.410 e. The van der Waals surface area contributed by atoms with E-state index in [0.717, 1.165) is 3.70 Å². The van der Waals surface area contributed by atoms with Gasteiger partial charge in [0.1, 0.15) is 15.9 Å². The lowest BCUT2D eigenvalue weighted by atomic mass is 10.2. The lowest BCUT2D eigenvalue weighted by molar-refractivity contribution is -0.116. The number of carbonyl (C=O) groups excluding carboxylic acids is 2. The molecule has 0 unspecified atom stereocenters. The van der Waals surface area contributed by atoms with E-state index in [9.17, 15) is 9.59 Å². The molecule has 1 rings (SSSR count). The van der Waals surface area contributed by atoms with Crippen molar-refractivity contribution in [3.05, 3.63) is 28.0 Å². The highest BCUT2D eigenvalue weighted by atomic mass is 127. The van der Waals surface area contributed by atoms with Gasteiger partial charge < -0.3 is 19.7 Å². The summed E-state index contributed by atoms with van der Waals surface area (Å²) in [6, 6.07) is 3.48. The largest absolute Gasteiger partial charge is 0.475 e. The molecule has 138 valence electrons. The second kappa shape index (κ2) is 10.2. The first kappa shape index (κ1) is 21.1. The lowest BCUT2D eigenvalue weighted by Crippen LogP contribution is -2.39. The van der Waals surface area contributed by atoms with Crippen LogP contribution < -0.4 is 10.1 Å². The van der Waals surface area contributed by atoms with Gasteiger partial charge in [0.2, 0.25) is 11.8 Å². The Morgan fingerprint density at radius 3 is 2.60 bits per heavy atom. The highest BCUT2D eigenvalue weighted by molar-refractivity contribution is 14.1. The van der Waals surface area contributed by atoms with Gasteiger partial charge in [-0.05, 0) is 49.4 Å².